The van der Waals surface area contributed by atoms with Crippen molar-refractivity contribution >= 4 is 11.6 Å². The predicted octanol–water partition coefficient (Wildman–Crippen LogP) is 8.82. The van der Waals surface area contributed by atoms with E-state index in [1.54, 1.807) is 12.1 Å². The van der Waals surface area contributed by atoms with Crippen LogP contribution in [0.1, 0.15) is 44.3 Å². The number of hydrogen-bond acceptors (Lipinski definition) is 2. The van der Waals surface area contributed by atoms with Crippen molar-refractivity contribution in [1.82, 2.24) is 4.57 Å². The molecule has 5 aromatic carbocycles. The molecule has 0 saturated carbocycles. The van der Waals surface area contributed by atoms with Gasteiger partial charge in [-0.05, 0) is 34.7 Å². The van der Waals surface area contributed by atoms with E-state index in [0.29, 0.717) is 22.3 Å². The standard InChI is InChI=1S/C38H27NO2/c1-2-25-21-23-28(24-22-25)36-34-33(37(40)30-18-9-10-19-31(30)38(34)41)35(27-15-7-4-8-16-27)39(36)32-20-12-11-17-29(32)26-13-5-3-6-14-26/h3-24H,2H2,1H3. The van der Waals surface area contributed by atoms with Crippen molar-refractivity contribution < 1.29 is 9.59 Å². The fourth-order valence-electron chi connectivity index (χ4n) is 5.98. The minimum Gasteiger partial charge on any atom is -0.307 e. The highest BCUT2D eigenvalue weighted by Gasteiger charge is 2.39. The zero-order valence-electron chi connectivity index (χ0n) is 22.7. The van der Waals surface area contributed by atoms with Crippen LogP contribution in [0, 0.1) is 0 Å². The van der Waals surface area contributed by atoms with Gasteiger partial charge in [-0.25, -0.2) is 0 Å². The van der Waals surface area contributed by atoms with E-state index in [2.05, 4.69) is 60.0 Å². The number of benzene rings is 5. The number of ketones is 2. The van der Waals surface area contributed by atoms with E-state index in [9.17, 15) is 9.59 Å². The van der Waals surface area contributed by atoms with E-state index >= 15 is 0 Å². The van der Waals surface area contributed by atoms with E-state index in [1.807, 2.05) is 72.8 Å². The number of fused-ring (bicyclic) bond motifs is 2. The Morgan fingerprint density at radius 1 is 0.463 bits per heavy atom. The van der Waals surface area contributed by atoms with Gasteiger partial charge in [0.25, 0.3) is 0 Å². The van der Waals surface area contributed by atoms with Gasteiger partial charge in [-0.15, -0.1) is 0 Å². The van der Waals surface area contributed by atoms with Crippen LogP contribution in [0.3, 0.4) is 0 Å². The van der Waals surface area contributed by atoms with Crippen molar-refractivity contribution in [2.75, 3.05) is 0 Å². The summed E-state index contributed by atoms with van der Waals surface area (Å²) >= 11 is 0. The quantitative estimate of drug-likeness (QED) is 0.223. The van der Waals surface area contributed by atoms with E-state index in [-0.39, 0.29) is 11.6 Å². The first kappa shape index (κ1) is 24.7. The molecule has 0 spiro atoms. The molecule has 7 rings (SSSR count). The van der Waals surface area contributed by atoms with Gasteiger partial charge >= 0.3 is 0 Å². The second-order valence-electron chi connectivity index (χ2n) is 10.3. The van der Waals surface area contributed by atoms with Crippen LogP contribution in [0.5, 0.6) is 0 Å². The lowest BCUT2D eigenvalue weighted by Crippen LogP contribution is -2.20. The number of para-hydroxylation sites is 1. The monoisotopic (exact) mass is 529 g/mol. The molecule has 1 aromatic heterocycles. The van der Waals surface area contributed by atoms with Crippen molar-refractivity contribution in [3.63, 3.8) is 0 Å². The molecule has 0 unspecified atom stereocenters. The van der Waals surface area contributed by atoms with Crippen LogP contribution >= 0.6 is 0 Å². The maximum atomic E-state index is 14.4. The minimum absolute atomic E-state index is 0.127. The molecule has 0 amide bonds. The summed E-state index contributed by atoms with van der Waals surface area (Å²) in [5.41, 5.74) is 9.23. The van der Waals surface area contributed by atoms with Crippen molar-refractivity contribution in [2.24, 2.45) is 0 Å². The number of hydrogen-bond donors (Lipinski definition) is 0. The fourth-order valence-corrected chi connectivity index (χ4v) is 5.98. The van der Waals surface area contributed by atoms with Crippen molar-refractivity contribution in [3.8, 4) is 39.3 Å². The van der Waals surface area contributed by atoms with Gasteiger partial charge in [0.05, 0.1) is 28.2 Å². The molecule has 1 aliphatic carbocycles. The Balaban J connectivity index is 1.66. The van der Waals surface area contributed by atoms with Crippen molar-refractivity contribution in [2.45, 2.75) is 13.3 Å². The van der Waals surface area contributed by atoms with Crippen molar-refractivity contribution in [3.05, 3.63) is 161 Å². The molecule has 3 nitrogen and oxygen atoms in total. The average Bonchev–Trinajstić information content (AvgIpc) is 3.41. The van der Waals surface area contributed by atoms with Gasteiger partial charge in [-0.1, -0.05) is 134 Å². The molecule has 0 fully saturated rings. The molecular weight excluding hydrogens is 502 g/mol. The van der Waals surface area contributed by atoms with Gasteiger partial charge in [0, 0.05) is 16.7 Å². The molecule has 0 N–H and O–H groups in total. The highest BCUT2D eigenvalue weighted by atomic mass is 16.1. The molecule has 1 aliphatic rings. The minimum atomic E-state index is -0.128. The number of rotatable bonds is 5. The molecule has 3 heteroatoms. The Morgan fingerprint density at radius 2 is 0.902 bits per heavy atom. The fraction of sp³-hybridized carbons (Fsp3) is 0.0526. The highest BCUT2D eigenvalue weighted by molar-refractivity contribution is 6.32. The highest BCUT2D eigenvalue weighted by Crippen LogP contribution is 2.46. The molecule has 41 heavy (non-hydrogen) atoms. The summed E-state index contributed by atoms with van der Waals surface area (Å²) in [6, 6.07) is 43.9. The number of carbonyl (C=O) groups excluding carboxylic acids is 2. The van der Waals surface area contributed by atoms with Gasteiger partial charge < -0.3 is 4.57 Å². The lowest BCUT2D eigenvalue weighted by atomic mass is 9.82. The summed E-state index contributed by atoms with van der Waals surface area (Å²) in [6.45, 7) is 2.13. The molecule has 1 heterocycles. The first-order valence-electron chi connectivity index (χ1n) is 13.9. The van der Waals surface area contributed by atoms with Crippen LogP contribution in [0.2, 0.25) is 0 Å². The Morgan fingerprint density at radius 3 is 1.44 bits per heavy atom. The van der Waals surface area contributed by atoms with Crippen LogP contribution in [0.25, 0.3) is 39.3 Å². The van der Waals surface area contributed by atoms with E-state index in [0.717, 1.165) is 45.7 Å². The van der Waals surface area contributed by atoms with Gasteiger partial charge in [0.1, 0.15) is 0 Å². The topological polar surface area (TPSA) is 39.1 Å². The van der Waals surface area contributed by atoms with Crippen LogP contribution in [0.15, 0.2) is 133 Å². The summed E-state index contributed by atoms with van der Waals surface area (Å²) in [5, 5.41) is 0. The Kier molecular flexibility index (Phi) is 6.06. The maximum Gasteiger partial charge on any atom is 0.196 e. The summed E-state index contributed by atoms with van der Waals surface area (Å²) in [7, 11) is 0. The Hall–Kier alpha value is -5.28. The first-order chi connectivity index (χ1) is 20.2. The maximum absolute atomic E-state index is 14.4. The lowest BCUT2D eigenvalue weighted by molar-refractivity contribution is 0.0981. The lowest BCUT2D eigenvalue weighted by Gasteiger charge is -2.19. The van der Waals surface area contributed by atoms with E-state index in [4.69, 9.17) is 0 Å². The molecule has 6 aromatic rings. The average molecular weight is 530 g/mol. The first-order valence-corrected chi connectivity index (χ1v) is 13.9. The van der Waals surface area contributed by atoms with Gasteiger partial charge in [-0.3, -0.25) is 9.59 Å². The van der Waals surface area contributed by atoms with Crippen LogP contribution in [-0.4, -0.2) is 16.1 Å². The largest absolute Gasteiger partial charge is 0.307 e. The normalized spacial score (nSPS) is 12.2. The molecule has 196 valence electrons. The van der Waals surface area contributed by atoms with E-state index < -0.39 is 0 Å². The SMILES string of the molecule is CCc1ccc(-c2c3c(c(-c4ccccc4)n2-c2ccccc2-c2ccccc2)C(=O)c2ccccc2C3=O)cc1. The van der Waals surface area contributed by atoms with Crippen LogP contribution < -0.4 is 0 Å². The Bertz CT molecular complexity index is 1930. The van der Waals surface area contributed by atoms with E-state index in [1.165, 1.54) is 5.56 Å². The summed E-state index contributed by atoms with van der Waals surface area (Å²) in [6.07, 6.45) is 0.913. The predicted molar refractivity (Wildman–Crippen MR) is 165 cm³/mol. The molecule has 0 aliphatic heterocycles. The third-order valence-corrected chi connectivity index (χ3v) is 7.95. The summed E-state index contributed by atoms with van der Waals surface area (Å²) in [4.78, 5) is 28.8. The molecule has 0 radical (unpaired) electrons. The van der Waals surface area contributed by atoms with Gasteiger partial charge in [0.15, 0.2) is 11.6 Å². The third-order valence-electron chi connectivity index (χ3n) is 7.95. The number of aryl methyl sites for hydroxylation is 1. The Labute approximate surface area is 239 Å². The molecular formula is C38H27NO2. The van der Waals surface area contributed by atoms with Gasteiger partial charge in [0.2, 0.25) is 0 Å². The third kappa shape index (κ3) is 3.97. The van der Waals surface area contributed by atoms with Gasteiger partial charge in [-0.2, -0.15) is 0 Å². The van der Waals surface area contributed by atoms with Crippen LogP contribution in [0.4, 0.5) is 0 Å². The van der Waals surface area contributed by atoms with Crippen LogP contribution in [-0.2, 0) is 6.42 Å². The number of nitrogens with zero attached hydrogens (tertiary/aromatic N) is 1. The van der Waals surface area contributed by atoms with Crippen molar-refractivity contribution in [1.29, 1.82) is 0 Å². The second-order valence-corrected chi connectivity index (χ2v) is 10.3. The second kappa shape index (κ2) is 10.0. The number of carbonyl (C=O) groups is 2. The molecule has 0 bridgehead atoms. The summed E-state index contributed by atoms with van der Waals surface area (Å²) in [5.74, 6) is -0.255. The smallest absolute Gasteiger partial charge is 0.196 e. The summed E-state index contributed by atoms with van der Waals surface area (Å²) < 4.78 is 2.14. The number of aromatic nitrogens is 1. The molecule has 0 saturated heterocycles. The zero-order valence-corrected chi connectivity index (χ0v) is 22.7. The zero-order chi connectivity index (χ0) is 27.9. The molecule has 0 atom stereocenters.